The van der Waals surface area contributed by atoms with E-state index < -0.39 is 11.4 Å². The molecule has 3 aliphatic rings. The van der Waals surface area contributed by atoms with Gasteiger partial charge in [0.1, 0.15) is 5.60 Å². The lowest BCUT2D eigenvalue weighted by Gasteiger charge is -2.42. The molecule has 0 aromatic rings. The minimum absolute atomic E-state index is 0.00384. The number of carbonyl (C=O) groups excluding carboxylic acids is 1. The number of aliphatic hydroxyl groups excluding tert-OH is 1. The van der Waals surface area contributed by atoms with Crippen LogP contribution in [0.25, 0.3) is 0 Å². The van der Waals surface area contributed by atoms with Gasteiger partial charge >= 0.3 is 0 Å². The fourth-order valence-corrected chi connectivity index (χ4v) is 5.21. The molecule has 1 N–H and O–H groups in total. The molecule has 0 aromatic heterocycles. The number of carbonyl (C=O) groups is 1. The van der Waals surface area contributed by atoms with Crippen LogP contribution in [0.15, 0.2) is 24.3 Å². The van der Waals surface area contributed by atoms with E-state index in [1.165, 1.54) is 64.2 Å². The summed E-state index contributed by atoms with van der Waals surface area (Å²) in [4.78, 5) is 11.5. The highest BCUT2D eigenvalue weighted by atomic mass is 16.7. The van der Waals surface area contributed by atoms with Crippen LogP contribution in [0.5, 0.6) is 0 Å². The molecule has 1 aliphatic carbocycles. The van der Waals surface area contributed by atoms with Gasteiger partial charge in [-0.1, -0.05) is 77.6 Å². The van der Waals surface area contributed by atoms with E-state index in [0.29, 0.717) is 12.8 Å². The number of ketones is 1. The Balaban J connectivity index is 1.31. The van der Waals surface area contributed by atoms with E-state index >= 15 is 0 Å². The predicted molar refractivity (Wildman–Crippen MR) is 120 cm³/mol. The van der Waals surface area contributed by atoms with Crippen molar-refractivity contribution in [3.63, 3.8) is 0 Å². The van der Waals surface area contributed by atoms with Crippen LogP contribution in [-0.2, 0) is 14.3 Å². The van der Waals surface area contributed by atoms with Gasteiger partial charge in [-0.05, 0) is 43.6 Å². The van der Waals surface area contributed by atoms with E-state index in [1.807, 2.05) is 12.2 Å². The third-order valence-corrected chi connectivity index (χ3v) is 6.92. The fourth-order valence-electron chi connectivity index (χ4n) is 5.21. The second-order valence-corrected chi connectivity index (χ2v) is 9.69. The Morgan fingerprint density at radius 2 is 1.53 bits per heavy atom. The number of unbranched alkanes of at least 4 members (excludes halogenated alkanes) is 10. The molecule has 2 fully saturated rings. The van der Waals surface area contributed by atoms with Gasteiger partial charge < -0.3 is 14.6 Å². The maximum Gasteiger partial charge on any atom is 0.178 e. The standard InChI is InChI=1S/C26H42O4/c1-2-3-4-5-6-7-8-9-10-11-12-13-24-20-23(28)21-26(29-24)19-18-25(30-26)16-14-22(27)15-17-25/h14-17,23-24,28H,2-13,18-21H2,1H3/t23-,24-,26+/m0/s1. The van der Waals surface area contributed by atoms with Gasteiger partial charge in [0.05, 0.1) is 12.2 Å². The molecule has 30 heavy (non-hydrogen) atoms. The number of hydrogen-bond acceptors (Lipinski definition) is 4. The molecule has 0 saturated carbocycles. The average molecular weight is 419 g/mol. The van der Waals surface area contributed by atoms with Crippen LogP contribution in [0.1, 0.15) is 110 Å². The number of aliphatic hydroxyl groups is 1. The van der Waals surface area contributed by atoms with E-state index in [2.05, 4.69) is 6.92 Å². The predicted octanol–water partition coefficient (Wildman–Crippen LogP) is 6.17. The highest BCUT2D eigenvalue weighted by Crippen LogP contribution is 2.47. The second kappa shape index (κ2) is 11.6. The Morgan fingerprint density at radius 1 is 0.933 bits per heavy atom. The van der Waals surface area contributed by atoms with Crippen LogP contribution < -0.4 is 0 Å². The Morgan fingerprint density at radius 3 is 2.17 bits per heavy atom. The lowest BCUT2D eigenvalue weighted by molar-refractivity contribution is -0.292. The molecule has 2 aliphatic heterocycles. The van der Waals surface area contributed by atoms with Crippen molar-refractivity contribution in [1.29, 1.82) is 0 Å². The Labute approximate surface area is 183 Å². The molecule has 3 rings (SSSR count). The van der Waals surface area contributed by atoms with Crippen molar-refractivity contribution < 1.29 is 19.4 Å². The maximum atomic E-state index is 11.5. The molecule has 3 atom stereocenters. The lowest BCUT2D eigenvalue weighted by atomic mass is 9.91. The third kappa shape index (κ3) is 7.03. The molecule has 170 valence electrons. The Hall–Kier alpha value is -0.970. The second-order valence-electron chi connectivity index (χ2n) is 9.69. The van der Waals surface area contributed by atoms with E-state index in [9.17, 15) is 9.90 Å². The minimum atomic E-state index is -0.699. The quantitative estimate of drug-likeness (QED) is 0.385. The van der Waals surface area contributed by atoms with Crippen LogP contribution in [0, 0.1) is 0 Å². The molecular weight excluding hydrogens is 376 g/mol. The summed E-state index contributed by atoms with van der Waals surface area (Å²) >= 11 is 0. The molecule has 0 radical (unpaired) electrons. The summed E-state index contributed by atoms with van der Waals surface area (Å²) in [5, 5.41) is 10.5. The summed E-state index contributed by atoms with van der Waals surface area (Å²) in [5.41, 5.74) is -0.536. The van der Waals surface area contributed by atoms with Gasteiger partial charge in [0.2, 0.25) is 0 Å². The SMILES string of the molecule is CCCCCCCCCCCCC[C@H]1C[C@H](O)C[C@]2(CCC3(C=CC(=O)C=C3)O2)O1. The van der Waals surface area contributed by atoms with Gasteiger partial charge in [-0.25, -0.2) is 0 Å². The molecule has 4 heteroatoms. The van der Waals surface area contributed by atoms with E-state index in [-0.39, 0.29) is 18.0 Å². The summed E-state index contributed by atoms with van der Waals surface area (Å²) < 4.78 is 12.8. The fraction of sp³-hybridized carbons (Fsp3) is 0.808. The molecule has 2 spiro atoms. The van der Waals surface area contributed by atoms with Crippen molar-refractivity contribution >= 4 is 5.78 Å². The number of allylic oxidation sites excluding steroid dienone is 2. The average Bonchev–Trinajstić information content (AvgIpc) is 3.05. The van der Waals surface area contributed by atoms with Gasteiger partial charge in [-0.3, -0.25) is 4.79 Å². The van der Waals surface area contributed by atoms with Crippen molar-refractivity contribution in [3.05, 3.63) is 24.3 Å². The number of hydrogen-bond donors (Lipinski definition) is 1. The highest BCUT2D eigenvalue weighted by molar-refractivity contribution is 6.00. The maximum absolute atomic E-state index is 11.5. The van der Waals surface area contributed by atoms with Crippen molar-refractivity contribution in [3.8, 4) is 0 Å². The molecule has 0 amide bonds. The topological polar surface area (TPSA) is 55.8 Å². The van der Waals surface area contributed by atoms with Gasteiger partial charge in [0, 0.05) is 12.8 Å². The third-order valence-electron chi connectivity index (χ3n) is 6.92. The van der Waals surface area contributed by atoms with Gasteiger partial charge in [0.25, 0.3) is 0 Å². The summed E-state index contributed by atoms with van der Waals surface area (Å²) in [7, 11) is 0. The first kappa shape index (κ1) is 23.7. The normalized spacial score (nSPS) is 30.0. The van der Waals surface area contributed by atoms with Crippen molar-refractivity contribution in [2.45, 2.75) is 133 Å². The van der Waals surface area contributed by atoms with Crippen molar-refractivity contribution in [1.82, 2.24) is 0 Å². The minimum Gasteiger partial charge on any atom is -0.393 e. The number of ether oxygens (including phenoxy) is 2. The first-order chi connectivity index (χ1) is 14.5. The summed E-state index contributed by atoms with van der Waals surface area (Å²) in [6, 6.07) is 0. The molecule has 0 aromatic carbocycles. The van der Waals surface area contributed by atoms with Gasteiger partial charge in [-0.2, -0.15) is 0 Å². The van der Waals surface area contributed by atoms with E-state index in [0.717, 1.165) is 25.7 Å². The molecule has 2 heterocycles. The van der Waals surface area contributed by atoms with Crippen LogP contribution in [0.2, 0.25) is 0 Å². The highest BCUT2D eigenvalue weighted by Gasteiger charge is 2.52. The van der Waals surface area contributed by atoms with Crippen LogP contribution in [0.3, 0.4) is 0 Å². The van der Waals surface area contributed by atoms with Crippen molar-refractivity contribution in [2.75, 3.05) is 0 Å². The summed E-state index contributed by atoms with van der Waals surface area (Å²) in [5.74, 6) is -0.695. The molecule has 0 unspecified atom stereocenters. The number of rotatable bonds is 12. The van der Waals surface area contributed by atoms with Crippen LogP contribution in [-0.4, -0.2) is 34.5 Å². The zero-order valence-electron chi connectivity index (χ0n) is 18.9. The summed E-state index contributed by atoms with van der Waals surface area (Å²) in [6.45, 7) is 2.27. The molecule has 0 bridgehead atoms. The zero-order chi connectivity index (χ0) is 21.3. The van der Waals surface area contributed by atoms with Gasteiger partial charge in [-0.15, -0.1) is 0 Å². The van der Waals surface area contributed by atoms with Crippen LogP contribution in [0.4, 0.5) is 0 Å². The van der Waals surface area contributed by atoms with E-state index in [4.69, 9.17) is 9.47 Å². The monoisotopic (exact) mass is 418 g/mol. The molecule has 2 saturated heterocycles. The zero-order valence-corrected chi connectivity index (χ0v) is 18.9. The molecular formula is C26H42O4. The lowest BCUT2D eigenvalue weighted by Crippen LogP contribution is -2.47. The summed E-state index contributed by atoms with van der Waals surface area (Å²) in [6.07, 6.45) is 25.1. The smallest absolute Gasteiger partial charge is 0.178 e. The Bertz CT molecular complexity index is 580. The first-order valence-electron chi connectivity index (χ1n) is 12.5. The van der Waals surface area contributed by atoms with Gasteiger partial charge in [0.15, 0.2) is 11.6 Å². The van der Waals surface area contributed by atoms with Crippen LogP contribution >= 0.6 is 0 Å². The molecule has 4 nitrogen and oxygen atoms in total. The van der Waals surface area contributed by atoms with E-state index in [1.54, 1.807) is 12.2 Å². The Kier molecular flexibility index (Phi) is 9.15. The largest absolute Gasteiger partial charge is 0.393 e. The first-order valence-corrected chi connectivity index (χ1v) is 12.5. The van der Waals surface area contributed by atoms with Crippen molar-refractivity contribution in [2.24, 2.45) is 0 Å².